The molecule has 198 valence electrons. The highest BCUT2D eigenvalue weighted by molar-refractivity contribution is 5.94. The number of pyridine rings is 2. The normalized spacial score (nSPS) is 21.1. The van der Waals surface area contributed by atoms with E-state index in [0.717, 1.165) is 22.1 Å². The van der Waals surface area contributed by atoms with E-state index < -0.39 is 11.6 Å². The highest BCUT2D eigenvalue weighted by atomic mass is 19.1. The fraction of sp³-hybridized carbons (Fsp3) is 0.429. The molecular formula is C28H29FN4O5. The van der Waals surface area contributed by atoms with Crippen LogP contribution in [-0.2, 0) is 39.5 Å². The first-order valence-electron chi connectivity index (χ1n) is 13.0. The predicted octanol–water partition coefficient (Wildman–Crippen LogP) is 2.37. The Bertz CT molecular complexity index is 1610. The van der Waals surface area contributed by atoms with Crippen molar-refractivity contribution in [3.05, 3.63) is 61.7 Å². The van der Waals surface area contributed by atoms with Crippen LogP contribution in [0.15, 0.2) is 16.9 Å². The highest BCUT2D eigenvalue weighted by Crippen LogP contribution is 2.46. The van der Waals surface area contributed by atoms with Gasteiger partial charge in [0.2, 0.25) is 5.91 Å². The summed E-state index contributed by atoms with van der Waals surface area (Å²) < 4.78 is 21.7. The number of esters is 1. The smallest absolute Gasteiger partial charge is 0.343 e. The van der Waals surface area contributed by atoms with Gasteiger partial charge in [0.05, 0.1) is 35.1 Å². The summed E-state index contributed by atoms with van der Waals surface area (Å²) in [5.41, 5.74) is 8.16. The Morgan fingerprint density at radius 1 is 1.32 bits per heavy atom. The molecule has 0 spiro atoms. The lowest BCUT2D eigenvalue weighted by molar-refractivity contribution is -0.172. The van der Waals surface area contributed by atoms with Crippen LogP contribution in [-0.4, -0.2) is 33.1 Å². The van der Waals surface area contributed by atoms with Crippen molar-refractivity contribution in [3.63, 3.8) is 0 Å². The molecule has 9 nitrogen and oxygen atoms in total. The van der Waals surface area contributed by atoms with Crippen molar-refractivity contribution >= 4 is 22.8 Å². The molecule has 1 amide bonds. The first kappa shape index (κ1) is 24.7. The van der Waals surface area contributed by atoms with Crippen LogP contribution in [0.3, 0.4) is 0 Å². The Morgan fingerprint density at radius 2 is 2.11 bits per heavy atom. The molecule has 0 radical (unpaired) electrons. The van der Waals surface area contributed by atoms with E-state index in [1.54, 1.807) is 17.6 Å². The number of nitrogens with zero attached hydrogens (tertiary/aromatic N) is 2. The van der Waals surface area contributed by atoms with Crippen molar-refractivity contribution in [2.75, 3.05) is 6.54 Å². The first-order chi connectivity index (χ1) is 18.2. The van der Waals surface area contributed by atoms with Gasteiger partial charge in [-0.2, -0.15) is 0 Å². The molecule has 0 fully saturated rings. The lowest BCUT2D eigenvalue weighted by Gasteiger charge is -2.32. The number of aryl methyl sites for hydroxylation is 1. The number of carbonyl (C=O) groups excluding carboxylic acids is 2. The van der Waals surface area contributed by atoms with Gasteiger partial charge in [0.15, 0.2) is 5.60 Å². The van der Waals surface area contributed by atoms with Crippen LogP contribution in [0.1, 0.15) is 72.0 Å². The quantitative estimate of drug-likeness (QED) is 0.344. The van der Waals surface area contributed by atoms with Crippen LogP contribution in [0, 0.1) is 12.7 Å². The molecular weight excluding hydrogens is 491 g/mol. The number of benzene rings is 1. The maximum Gasteiger partial charge on any atom is 0.343 e. The lowest BCUT2D eigenvalue weighted by atomic mass is 9.81. The van der Waals surface area contributed by atoms with E-state index >= 15 is 0 Å². The van der Waals surface area contributed by atoms with Crippen molar-refractivity contribution in [2.24, 2.45) is 5.73 Å². The fourth-order valence-corrected chi connectivity index (χ4v) is 6.36. The predicted molar refractivity (Wildman–Crippen MR) is 137 cm³/mol. The van der Waals surface area contributed by atoms with Gasteiger partial charge in [0.1, 0.15) is 12.4 Å². The molecule has 3 aliphatic rings. The number of nitrogens with two attached hydrogens (primary N) is 1. The van der Waals surface area contributed by atoms with E-state index in [-0.39, 0.29) is 67.0 Å². The van der Waals surface area contributed by atoms with Crippen LogP contribution in [0.2, 0.25) is 0 Å². The van der Waals surface area contributed by atoms with Gasteiger partial charge >= 0.3 is 5.97 Å². The van der Waals surface area contributed by atoms with Gasteiger partial charge in [0.25, 0.3) is 5.56 Å². The second-order valence-electron chi connectivity index (χ2n) is 10.4. The van der Waals surface area contributed by atoms with Gasteiger partial charge in [-0.15, -0.1) is 0 Å². The van der Waals surface area contributed by atoms with E-state index in [1.807, 2.05) is 6.92 Å². The van der Waals surface area contributed by atoms with E-state index in [9.17, 15) is 23.9 Å². The molecule has 0 saturated carbocycles. The SMILES string of the molecule is CCC[C@@]1(O)C(=O)OCc2c1cc1n(c2=O)Cc2c-1nc1cc(F)c(C)c3c1c2[C@@H](NC(=O)CCN)CC3. The number of ether oxygens (including phenoxy) is 1. The summed E-state index contributed by atoms with van der Waals surface area (Å²) in [6.07, 6.45) is 1.93. The Hall–Kier alpha value is -3.63. The first-order valence-corrected chi connectivity index (χ1v) is 13.0. The Balaban J connectivity index is 1.62. The average Bonchev–Trinajstić information content (AvgIpc) is 3.25. The second-order valence-corrected chi connectivity index (χ2v) is 10.4. The van der Waals surface area contributed by atoms with Crippen molar-refractivity contribution in [3.8, 4) is 11.4 Å². The van der Waals surface area contributed by atoms with Gasteiger partial charge in [-0.05, 0) is 48.9 Å². The van der Waals surface area contributed by atoms with Crippen LogP contribution in [0.4, 0.5) is 4.39 Å². The third kappa shape index (κ3) is 3.36. The van der Waals surface area contributed by atoms with Gasteiger partial charge in [-0.25, -0.2) is 14.2 Å². The molecule has 1 aliphatic carbocycles. The highest BCUT2D eigenvalue weighted by Gasteiger charge is 2.46. The van der Waals surface area contributed by atoms with Crippen molar-refractivity contribution < 1.29 is 23.8 Å². The molecule has 38 heavy (non-hydrogen) atoms. The van der Waals surface area contributed by atoms with Gasteiger partial charge < -0.3 is 25.5 Å². The number of hydrogen-bond acceptors (Lipinski definition) is 7. The molecule has 4 N–H and O–H groups in total. The summed E-state index contributed by atoms with van der Waals surface area (Å²) in [4.78, 5) is 43.7. The number of halogens is 1. The number of carbonyl (C=O) groups is 2. The number of amides is 1. The summed E-state index contributed by atoms with van der Waals surface area (Å²) in [6, 6.07) is 2.69. The third-order valence-corrected chi connectivity index (χ3v) is 8.18. The molecule has 2 atom stereocenters. The zero-order valence-corrected chi connectivity index (χ0v) is 21.3. The van der Waals surface area contributed by atoms with Crippen LogP contribution in [0.25, 0.3) is 22.3 Å². The van der Waals surface area contributed by atoms with Crippen LogP contribution >= 0.6 is 0 Å². The van der Waals surface area contributed by atoms with E-state index in [4.69, 9.17) is 15.5 Å². The van der Waals surface area contributed by atoms with Crippen molar-refractivity contribution in [2.45, 2.75) is 70.7 Å². The molecule has 3 aromatic rings. The summed E-state index contributed by atoms with van der Waals surface area (Å²) in [5.74, 6) is -1.32. The number of fused-ring (bicyclic) bond motifs is 5. The molecule has 6 rings (SSSR count). The van der Waals surface area contributed by atoms with Crippen molar-refractivity contribution in [1.82, 2.24) is 14.9 Å². The minimum atomic E-state index is -1.93. The molecule has 1 aromatic carbocycles. The van der Waals surface area contributed by atoms with E-state index in [2.05, 4.69) is 5.32 Å². The minimum absolute atomic E-state index is 0.105. The Kier molecular flexibility index (Phi) is 5.66. The minimum Gasteiger partial charge on any atom is -0.458 e. The topological polar surface area (TPSA) is 137 Å². The maximum absolute atomic E-state index is 15.0. The summed E-state index contributed by atoms with van der Waals surface area (Å²) >= 11 is 0. The zero-order valence-electron chi connectivity index (χ0n) is 21.3. The van der Waals surface area contributed by atoms with E-state index in [1.165, 1.54) is 6.07 Å². The molecule has 0 bridgehead atoms. The second kappa shape index (κ2) is 8.71. The van der Waals surface area contributed by atoms with Gasteiger partial charge in [-0.1, -0.05) is 13.3 Å². The number of nitrogens with one attached hydrogen (secondary N) is 1. The molecule has 2 aromatic heterocycles. The number of aromatic nitrogens is 2. The van der Waals surface area contributed by atoms with Crippen LogP contribution < -0.4 is 16.6 Å². The Labute approximate surface area is 217 Å². The number of rotatable bonds is 5. The van der Waals surface area contributed by atoms with Gasteiger partial charge in [0, 0.05) is 35.5 Å². The average molecular weight is 521 g/mol. The summed E-state index contributed by atoms with van der Waals surface area (Å²) in [6.45, 7) is 3.78. The summed E-state index contributed by atoms with van der Waals surface area (Å²) in [5, 5.41) is 15.2. The standard InChI is InChI=1S/C28H29FN4O5/c1-3-7-28(37)17-9-21-25-15(11-33(21)26(35)16(17)12-38-27(28)36)24-19(31-22(34)6-8-30)5-4-14-13(2)18(29)10-20(32-25)23(14)24/h9-10,19,37H,3-8,11-12,30H2,1-2H3,(H,31,34)/t19-,28-/m0/s1. The largest absolute Gasteiger partial charge is 0.458 e. The number of cyclic esters (lactones) is 1. The van der Waals surface area contributed by atoms with Gasteiger partial charge in [-0.3, -0.25) is 9.59 Å². The van der Waals surface area contributed by atoms with E-state index in [0.29, 0.717) is 41.7 Å². The van der Waals surface area contributed by atoms with Crippen LogP contribution in [0.5, 0.6) is 0 Å². The summed E-state index contributed by atoms with van der Waals surface area (Å²) in [7, 11) is 0. The number of aliphatic hydroxyl groups is 1. The zero-order chi connectivity index (χ0) is 26.9. The monoisotopic (exact) mass is 520 g/mol. The molecule has 0 saturated heterocycles. The molecule has 4 heterocycles. The fourth-order valence-electron chi connectivity index (χ4n) is 6.36. The molecule has 0 unspecified atom stereocenters. The third-order valence-electron chi connectivity index (χ3n) is 8.18. The Morgan fingerprint density at radius 3 is 2.84 bits per heavy atom. The molecule has 2 aliphatic heterocycles. The number of hydrogen-bond donors (Lipinski definition) is 3. The maximum atomic E-state index is 15.0. The van der Waals surface area contributed by atoms with Crippen molar-refractivity contribution in [1.29, 1.82) is 0 Å². The molecule has 10 heteroatoms. The lowest BCUT2D eigenvalue weighted by Crippen LogP contribution is -2.44.